The molecule has 1 heterocycles. The first-order chi connectivity index (χ1) is 9.24. The SMILES string of the molecule is Cc1ccc([C@@H](CC2CC2)N2CCNCC2)c(Br)c1. The summed E-state index contributed by atoms with van der Waals surface area (Å²) in [5.74, 6) is 0.966. The molecule has 104 valence electrons. The molecule has 1 N–H and O–H groups in total. The van der Waals surface area contributed by atoms with Gasteiger partial charge in [-0.2, -0.15) is 0 Å². The Morgan fingerprint density at radius 1 is 1.32 bits per heavy atom. The Bertz CT molecular complexity index is 436. The summed E-state index contributed by atoms with van der Waals surface area (Å²) in [6, 6.07) is 7.44. The van der Waals surface area contributed by atoms with E-state index in [1.807, 2.05) is 0 Å². The predicted octanol–water partition coefficient (Wildman–Crippen LogP) is 3.50. The zero-order chi connectivity index (χ0) is 13.2. The summed E-state index contributed by atoms with van der Waals surface area (Å²) in [4.78, 5) is 2.67. The summed E-state index contributed by atoms with van der Waals surface area (Å²) in [5.41, 5.74) is 2.82. The first-order valence-corrected chi connectivity index (χ1v) is 8.24. The monoisotopic (exact) mass is 322 g/mol. The lowest BCUT2D eigenvalue weighted by Gasteiger charge is -2.36. The van der Waals surface area contributed by atoms with Crippen molar-refractivity contribution in [2.24, 2.45) is 5.92 Å². The maximum atomic E-state index is 3.78. The van der Waals surface area contributed by atoms with Gasteiger partial charge in [0.1, 0.15) is 0 Å². The van der Waals surface area contributed by atoms with Crippen molar-refractivity contribution < 1.29 is 0 Å². The third-order valence-electron chi connectivity index (χ3n) is 4.36. The van der Waals surface area contributed by atoms with Gasteiger partial charge in [0, 0.05) is 36.7 Å². The minimum Gasteiger partial charge on any atom is -0.314 e. The van der Waals surface area contributed by atoms with Crippen LogP contribution in [0.2, 0.25) is 0 Å². The molecule has 1 aromatic carbocycles. The maximum absolute atomic E-state index is 3.78. The summed E-state index contributed by atoms with van der Waals surface area (Å²) in [6.45, 7) is 6.78. The van der Waals surface area contributed by atoms with Crippen LogP contribution in [0.3, 0.4) is 0 Å². The van der Waals surface area contributed by atoms with Gasteiger partial charge in [-0.3, -0.25) is 4.90 Å². The molecule has 3 rings (SSSR count). The van der Waals surface area contributed by atoms with E-state index >= 15 is 0 Å². The fourth-order valence-corrected chi connectivity index (χ4v) is 3.80. The number of benzene rings is 1. The van der Waals surface area contributed by atoms with Crippen LogP contribution in [-0.2, 0) is 0 Å². The molecular weight excluding hydrogens is 300 g/mol. The Hall–Kier alpha value is -0.380. The van der Waals surface area contributed by atoms with Gasteiger partial charge in [0.25, 0.3) is 0 Å². The van der Waals surface area contributed by atoms with Gasteiger partial charge < -0.3 is 5.32 Å². The normalized spacial score (nSPS) is 22.4. The van der Waals surface area contributed by atoms with Gasteiger partial charge in [-0.05, 0) is 36.5 Å². The molecule has 2 fully saturated rings. The van der Waals surface area contributed by atoms with E-state index in [0.717, 1.165) is 19.0 Å². The highest BCUT2D eigenvalue weighted by Crippen LogP contribution is 2.41. The zero-order valence-electron chi connectivity index (χ0n) is 11.7. The molecule has 0 unspecified atom stereocenters. The average Bonchev–Trinajstić information content (AvgIpc) is 3.22. The molecule has 1 aliphatic carbocycles. The smallest absolute Gasteiger partial charge is 0.0363 e. The van der Waals surface area contributed by atoms with E-state index in [0.29, 0.717) is 6.04 Å². The van der Waals surface area contributed by atoms with Gasteiger partial charge >= 0.3 is 0 Å². The van der Waals surface area contributed by atoms with E-state index in [4.69, 9.17) is 0 Å². The van der Waals surface area contributed by atoms with E-state index < -0.39 is 0 Å². The predicted molar refractivity (Wildman–Crippen MR) is 83.4 cm³/mol. The number of hydrogen-bond donors (Lipinski definition) is 1. The summed E-state index contributed by atoms with van der Waals surface area (Å²) in [6.07, 6.45) is 4.21. The highest BCUT2D eigenvalue weighted by atomic mass is 79.9. The molecule has 1 aromatic rings. The van der Waals surface area contributed by atoms with Crippen LogP contribution >= 0.6 is 15.9 Å². The minimum absolute atomic E-state index is 0.601. The van der Waals surface area contributed by atoms with Crippen LogP contribution in [0.1, 0.15) is 36.4 Å². The first-order valence-electron chi connectivity index (χ1n) is 7.45. The van der Waals surface area contributed by atoms with Gasteiger partial charge in [0.05, 0.1) is 0 Å². The zero-order valence-corrected chi connectivity index (χ0v) is 13.2. The second kappa shape index (κ2) is 5.94. The molecule has 2 aliphatic rings. The molecule has 0 spiro atoms. The quantitative estimate of drug-likeness (QED) is 0.912. The van der Waals surface area contributed by atoms with E-state index in [9.17, 15) is 0 Å². The molecule has 0 aromatic heterocycles. The Kier molecular flexibility index (Phi) is 4.25. The molecule has 3 heteroatoms. The minimum atomic E-state index is 0.601. The Morgan fingerprint density at radius 3 is 2.68 bits per heavy atom. The third kappa shape index (κ3) is 3.39. The Morgan fingerprint density at radius 2 is 2.05 bits per heavy atom. The largest absolute Gasteiger partial charge is 0.314 e. The molecule has 1 saturated carbocycles. The Balaban J connectivity index is 1.83. The van der Waals surface area contributed by atoms with Gasteiger partial charge in [-0.15, -0.1) is 0 Å². The van der Waals surface area contributed by atoms with Gasteiger partial charge in [0.15, 0.2) is 0 Å². The summed E-state index contributed by atoms with van der Waals surface area (Å²) in [7, 11) is 0. The van der Waals surface area contributed by atoms with Crippen LogP contribution < -0.4 is 5.32 Å². The number of aryl methyl sites for hydroxylation is 1. The van der Waals surface area contributed by atoms with Gasteiger partial charge in [-0.25, -0.2) is 0 Å². The number of nitrogens with zero attached hydrogens (tertiary/aromatic N) is 1. The molecule has 1 aliphatic heterocycles. The third-order valence-corrected chi connectivity index (χ3v) is 5.05. The highest BCUT2D eigenvalue weighted by Gasteiger charge is 2.31. The molecule has 1 saturated heterocycles. The Labute approximate surface area is 124 Å². The van der Waals surface area contributed by atoms with Crippen LogP contribution in [0.4, 0.5) is 0 Å². The van der Waals surface area contributed by atoms with Crippen molar-refractivity contribution in [3.63, 3.8) is 0 Å². The molecule has 19 heavy (non-hydrogen) atoms. The van der Waals surface area contributed by atoms with Crippen molar-refractivity contribution in [2.45, 2.75) is 32.2 Å². The van der Waals surface area contributed by atoms with E-state index in [2.05, 4.69) is 51.3 Å². The van der Waals surface area contributed by atoms with Crippen LogP contribution in [0.25, 0.3) is 0 Å². The number of rotatable bonds is 4. The van der Waals surface area contributed by atoms with E-state index in [1.54, 1.807) is 0 Å². The number of piperazine rings is 1. The van der Waals surface area contributed by atoms with Crippen LogP contribution in [0.5, 0.6) is 0 Å². The van der Waals surface area contributed by atoms with Crippen molar-refractivity contribution in [1.82, 2.24) is 10.2 Å². The van der Waals surface area contributed by atoms with Crippen molar-refractivity contribution in [3.8, 4) is 0 Å². The average molecular weight is 323 g/mol. The molecule has 2 nitrogen and oxygen atoms in total. The van der Waals surface area contributed by atoms with Gasteiger partial charge in [-0.1, -0.05) is 40.9 Å². The van der Waals surface area contributed by atoms with E-state index in [-0.39, 0.29) is 0 Å². The molecule has 0 radical (unpaired) electrons. The molecule has 0 amide bonds. The summed E-state index contributed by atoms with van der Waals surface area (Å²) >= 11 is 3.78. The summed E-state index contributed by atoms with van der Waals surface area (Å²) in [5, 5.41) is 3.46. The van der Waals surface area contributed by atoms with Crippen LogP contribution in [0, 0.1) is 12.8 Å². The van der Waals surface area contributed by atoms with E-state index in [1.165, 1.54) is 48.0 Å². The van der Waals surface area contributed by atoms with Crippen LogP contribution in [-0.4, -0.2) is 31.1 Å². The maximum Gasteiger partial charge on any atom is 0.0363 e. The standard InChI is InChI=1S/C16H23BrN2/c1-12-2-5-14(15(17)10-12)16(11-13-3-4-13)19-8-6-18-7-9-19/h2,5,10,13,16,18H,3-4,6-9,11H2,1H3/t16-/m1/s1. The fourth-order valence-electron chi connectivity index (χ4n) is 3.04. The topological polar surface area (TPSA) is 15.3 Å². The first kappa shape index (κ1) is 13.6. The fraction of sp³-hybridized carbons (Fsp3) is 0.625. The molecular formula is C16H23BrN2. The highest BCUT2D eigenvalue weighted by molar-refractivity contribution is 9.10. The number of halogens is 1. The van der Waals surface area contributed by atoms with Crippen molar-refractivity contribution >= 4 is 15.9 Å². The number of nitrogens with one attached hydrogen (secondary N) is 1. The number of hydrogen-bond acceptors (Lipinski definition) is 2. The lowest BCUT2D eigenvalue weighted by molar-refractivity contribution is 0.160. The van der Waals surface area contributed by atoms with Crippen molar-refractivity contribution in [3.05, 3.63) is 33.8 Å². The lowest BCUT2D eigenvalue weighted by Crippen LogP contribution is -2.45. The summed E-state index contributed by atoms with van der Waals surface area (Å²) < 4.78 is 1.29. The van der Waals surface area contributed by atoms with Gasteiger partial charge in [0.2, 0.25) is 0 Å². The van der Waals surface area contributed by atoms with Crippen LogP contribution in [0.15, 0.2) is 22.7 Å². The second-order valence-electron chi connectivity index (χ2n) is 6.01. The molecule has 0 bridgehead atoms. The van der Waals surface area contributed by atoms with Crippen molar-refractivity contribution in [1.29, 1.82) is 0 Å². The van der Waals surface area contributed by atoms with Crippen molar-refractivity contribution in [2.75, 3.05) is 26.2 Å². The second-order valence-corrected chi connectivity index (χ2v) is 6.86. The lowest BCUT2D eigenvalue weighted by atomic mass is 9.98. The molecule has 1 atom stereocenters.